The van der Waals surface area contributed by atoms with Crippen LogP contribution in [0.25, 0.3) is 0 Å². The van der Waals surface area contributed by atoms with Gasteiger partial charge in [-0.2, -0.15) is 0 Å². The molecule has 0 amide bonds. The van der Waals surface area contributed by atoms with E-state index in [0.717, 1.165) is 10.8 Å². The Labute approximate surface area is 116 Å². The van der Waals surface area contributed by atoms with Gasteiger partial charge in [-0.25, -0.2) is 0 Å². The monoisotopic (exact) mass is 279 g/mol. The van der Waals surface area contributed by atoms with E-state index >= 15 is 0 Å². The summed E-state index contributed by atoms with van der Waals surface area (Å²) in [5.41, 5.74) is 10.6. The summed E-state index contributed by atoms with van der Waals surface area (Å²) in [7, 11) is 0. The average molecular weight is 279 g/mol. The Hall–Kier alpha value is -0.910. The Morgan fingerprint density at radius 1 is 1.39 bits per heavy atom. The van der Waals surface area contributed by atoms with Crippen LogP contribution in [0.5, 0.6) is 0 Å². The Bertz CT molecular complexity index is 485. The topological polar surface area (TPSA) is 51.8 Å². The molecule has 0 aliphatic rings. The smallest absolute Gasteiger partial charge is 0.174 e. The Balaban J connectivity index is 2.28. The molecule has 0 saturated carbocycles. The Morgan fingerprint density at radius 2 is 2.17 bits per heavy atom. The minimum absolute atomic E-state index is 0.125. The molecule has 1 heterocycles. The van der Waals surface area contributed by atoms with Crippen LogP contribution in [0, 0.1) is 6.92 Å². The SMILES string of the molecule is CCC(N)C(Sc1nncs1)c1ccccc1C. The van der Waals surface area contributed by atoms with E-state index in [1.807, 2.05) is 0 Å². The second-order valence-electron chi connectivity index (χ2n) is 4.17. The number of hydrogen-bond donors (Lipinski definition) is 1. The summed E-state index contributed by atoms with van der Waals surface area (Å²) >= 11 is 3.28. The minimum atomic E-state index is 0.125. The lowest BCUT2D eigenvalue weighted by Crippen LogP contribution is -2.26. The van der Waals surface area contributed by atoms with Crippen molar-refractivity contribution in [3.05, 3.63) is 40.9 Å². The fourth-order valence-electron chi connectivity index (χ4n) is 1.82. The molecule has 0 saturated heterocycles. The number of rotatable bonds is 5. The molecule has 2 N–H and O–H groups in total. The number of hydrogen-bond acceptors (Lipinski definition) is 5. The van der Waals surface area contributed by atoms with Crippen molar-refractivity contribution in [1.29, 1.82) is 0 Å². The van der Waals surface area contributed by atoms with E-state index in [1.165, 1.54) is 11.1 Å². The number of aryl methyl sites for hydroxylation is 1. The van der Waals surface area contributed by atoms with Crippen molar-refractivity contribution in [3.63, 3.8) is 0 Å². The lowest BCUT2D eigenvalue weighted by atomic mass is 10.00. The predicted molar refractivity (Wildman–Crippen MR) is 78.0 cm³/mol. The highest BCUT2D eigenvalue weighted by atomic mass is 32.2. The maximum Gasteiger partial charge on any atom is 0.174 e. The summed E-state index contributed by atoms with van der Waals surface area (Å²) in [6.07, 6.45) is 0.949. The van der Waals surface area contributed by atoms with Gasteiger partial charge in [0, 0.05) is 6.04 Å². The van der Waals surface area contributed by atoms with Gasteiger partial charge in [-0.05, 0) is 24.5 Å². The maximum absolute atomic E-state index is 6.27. The van der Waals surface area contributed by atoms with Crippen LogP contribution >= 0.6 is 23.1 Å². The van der Waals surface area contributed by atoms with Crippen molar-refractivity contribution in [1.82, 2.24) is 10.2 Å². The van der Waals surface area contributed by atoms with E-state index < -0.39 is 0 Å². The molecule has 0 bridgehead atoms. The molecule has 96 valence electrons. The van der Waals surface area contributed by atoms with Crippen molar-refractivity contribution in [2.75, 3.05) is 0 Å². The largest absolute Gasteiger partial charge is 0.326 e. The average Bonchev–Trinajstić information content (AvgIpc) is 2.89. The first-order valence-corrected chi connectivity index (χ1v) is 7.72. The van der Waals surface area contributed by atoms with Crippen LogP contribution in [0.15, 0.2) is 34.1 Å². The first-order chi connectivity index (χ1) is 8.72. The van der Waals surface area contributed by atoms with E-state index in [9.17, 15) is 0 Å². The van der Waals surface area contributed by atoms with Gasteiger partial charge in [0.05, 0.1) is 5.25 Å². The maximum atomic E-state index is 6.27. The lowest BCUT2D eigenvalue weighted by Gasteiger charge is -2.23. The van der Waals surface area contributed by atoms with Crippen molar-refractivity contribution >= 4 is 23.1 Å². The van der Waals surface area contributed by atoms with Crippen LogP contribution in [0.3, 0.4) is 0 Å². The van der Waals surface area contributed by atoms with E-state index in [1.54, 1.807) is 28.6 Å². The summed E-state index contributed by atoms with van der Waals surface area (Å²) in [6, 6.07) is 8.54. The first-order valence-electron chi connectivity index (χ1n) is 5.96. The first kappa shape index (κ1) is 13.5. The zero-order valence-corrected chi connectivity index (χ0v) is 12.2. The summed E-state index contributed by atoms with van der Waals surface area (Å²) in [5, 5.41) is 8.23. The fraction of sp³-hybridized carbons (Fsp3) is 0.385. The van der Waals surface area contributed by atoms with E-state index in [4.69, 9.17) is 5.73 Å². The number of aromatic nitrogens is 2. The molecule has 2 atom stereocenters. The van der Waals surface area contributed by atoms with Crippen molar-refractivity contribution in [2.24, 2.45) is 5.73 Å². The minimum Gasteiger partial charge on any atom is -0.326 e. The predicted octanol–water partition coefficient (Wildman–Crippen LogP) is 3.42. The molecular weight excluding hydrogens is 262 g/mol. The van der Waals surface area contributed by atoms with Crippen molar-refractivity contribution in [2.45, 2.75) is 35.9 Å². The van der Waals surface area contributed by atoms with Crippen LogP contribution in [0.4, 0.5) is 0 Å². The molecule has 0 aliphatic carbocycles. The number of thioether (sulfide) groups is 1. The molecule has 18 heavy (non-hydrogen) atoms. The van der Waals surface area contributed by atoms with Crippen LogP contribution in [-0.4, -0.2) is 16.2 Å². The molecular formula is C13H17N3S2. The van der Waals surface area contributed by atoms with Crippen molar-refractivity contribution < 1.29 is 0 Å². The lowest BCUT2D eigenvalue weighted by molar-refractivity contribution is 0.632. The molecule has 0 fully saturated rings. The molecule has 0 aliphatic heterocycles. The highest BCUT2D eigenvalue weighted by Gasteiger charge is 2.22. The van der Waals surface area contributed by atoms with Gasteiger partial charge in [0.2, 0.25) is 0 Å². The normalized spacial score (nSPS) is 14.4. The molecule has 1 aromatic carbocycles. The molecule has 2 rings (SSSR count). The molecule has 5 heteroatoms. The number of benzene rings is 1. The third kappa shape index (κ3) is 3.10. The third-order valence-corrected chi connectivity index (χ3v) is 5.12. The quantitative estimate of drug-likeness (QED) is 0.852. The zero-order valence-electron chi connectivity index (χ0n) is 10.5. The summed E-state index contributed by atoms with van der Waals surface area (Å²) in [5.74, 6) is 0. The summed E-state index contributed by atoms with van der Waals surface area (Å²) < 4.78 is 0.979. The highest BCUT2D eigenvalue weighted by Crippen LogP contribution is 2.39. The van der Waals surface area contributed by atoms with E-state index in [2.05, 4.69) is 48.3 Å². The van der Waals surface area contributed by atoms with Crippen molar-refractivity contribution in [3.8, 4) is 0 Å². The van der Waals surface area contributed by atoms with E-state index in [-0.39, 0.29) is 11.3 Å². The Morgan fingerprint density at radius 3 is 2.78 bits per heavy atom. The van der Waals surface area contributed by atoms with Gasteiger partial charge in [-0.1, -0.05) is 54.3 Å². The van der Waals surface area contributed by atoms with Gasteiger partial charge in [-0.3, -0.25) is 0 Å². The van der Waals surface area contributed by atoms with Gasteiger partial charge in [0.15, 0.2) is 4.34 Å². The van der Waals surface area contributed by atoms with E-state index in [0.29, 0.717) is 0 Å². The molecule has 0 radical (unpaired) electrons. The molecule has 0 spiro atoms. The summed E-state index contributed by atoms with van der Waals surface area (Å²) in [4.78, 5) is 0. The third-order valence-electron chi connectivity index (χ3n) is 2.92. The van der Waals surface area contributed by atoms with Gasteiger partial charge in [0.1, 0.15) is 5.51 Å². The van der Waals surface area contributed by atoms with Crippen LogP contribution < -0.4 is 5.73 Å². The van der Waals surface area contributed by atoms with Gasteiger partial charge in [0.25, 0.3) is 0 Å². The van der Waals surface area contributed by atoms with Gasteiger partial charge in [-0.15, -0.1) is 10.2 Å². The van der Waals surface area contributed by atoms with Crippen LogP contribution in [0.1, 0.15) is 29.7 Å². The molecule has 3 nitrogen and oxygen atoms in total. The van der Waals surface area contributed by atoms with Crippen LogP contribution in [-0.2, 0) is 0 Å². The number of nitrogens with zero attached hydrogens (tertiary/aromatic N) is 2. The van der Waals surface area contributed by atoms with Crippen LogP contribution in [0.2, 0.25) is 0 Å². The molecule has 2 aromatic rings. The fourth-order valence-corrected chi connectivity index (χ4v) is 3.84. The second-order valence-corrected chi connectivity index (χ2v) is 6.39. The second kappa shape index (κ2) is 6.31. The number of nitrogens with two attached hydrogens (primary N) is 1. The zero-order chi connectivity index (χ0) is 13.0. The standard InChI is InChI=1S/C13H17N3S2/c1-3-11(14)12(18-13-16-15-8-17-13)10-7-5-4-6-9(10)2/h4-8,11-12H,3,14H2,1-2H3. The molecule has 1 aromatic heterocycles. The summed E-state index contributed by atoms with van der Waals surface area (Å²) in [6.45, 7) is 4.25. The highest BCUT2D eigenvalue weighted by molar-refractivity contribution is 8.01. The molecule has 2 unspecified atom stereocenters. The Kier molecular flexibility index (Phi) is 4.74. The van der Waals surface area contributed by atoms with Gasteiger partial charge >= 0.3 is 0 Å². The van der Waals surface area contributed by atoms with Gasteiger partial charge < -0.3 is 5.73 Å².